The van der Waals surface area contributed by atoms with Crippen LogP contribution in [-0.4, -0.2) is 29.1 Å². The molecule has 1 aliphatic rings. The van der Waals surface area contributed by atoms with Gasteiger partial charge >= 0.3 is 5.97 Å². The standard InChI is InChI=1S/C9H12O4/c1-5(10)3-7-4-8(11)6(2)13-9(7)12/h4,6,8,11H,3H2,1-2H3. The fourth-order valence-electron chi connectivity index (χ4n) is 1.12. The van der Waals surface area contributed by atoms with Gasteiger partial charge < -0.3 is 9.84 Å². The molecule has 0 bridgehead atoms. The average molecular weight is 184 g/mol. The highest BCUT2D eigenvalue weighted by Crippen LogP contribution is 2.16. The lowest BCUT2D eigenvalue weighted by molar-refractivity contribution is -0.150. The molecule has 1 aliphatic heterocycles. The summed E-state index contributed by atoms with van der Waals surface area (Å²) in [6, 6.07) is 0. The van der Waals surface area contributed by atoms with Crippen molar-refractivity contribution in [2.24, 2.45) is 0 Å². The van der Waals surface area contributed by atoms with Crippen LogP contribution in [0, 0.1) is 0 Å². The monoisotopic (exact) mass is 184 g/mol. The van der Waals surface area contributed by atoms with Crippen LogP contribution in [0.3, 0.4) is 0 Å². The summed E-state index contributed by atoms with van der Waals surface area (Å²) in [4.78, 5) is 21.8. The molecule has 0 radical (unpaired) electrons. The van der Waals surface area contributed by atoms with Crippen molar-refractivity contribution in [3.63, 3.8) is 0 Å². The SMILES string of the molecule is CC(=O)CC1=CC(O)C(C)OC1=O. The molecule has 0 aromatic carbocycles. The van der Waals surface area contributed by atoms with E-state index in [1.54, 1.807) is 6.92 Å². The zero-order chi connectivity index (χ0) is 10.0. The topological polar surface area (TPSA) is 63.6 Å². The van der Waals surface area contributed by atoms with Crippen LogP contribution < -0.4 is 0 Å². The van der Waals surface area contributed by atoms with Crippen molar-refractivity contribution in [2.75, 3.05) is 0 Å². The van der Waals surface area contributed by atoms with Crippen LogP contribution in [0.1, 0.15) is 20.3 Å². The predicted octanol–water partition coefficient (Wildman–Crippen LogP) is 0.198. The van der Waals surface area contributed by atoms with Gasteiger partial charge in [-0.25, -0.2) is 4.79 Å². The lowest BCUT2D eigenvalue weighted by Crippen LogP contribution is -2.33. The van der Waals surface area contributed by atoms with Gasteiger partial charge in [0.05, 0.1) is 0 Å². The molecule has 2 unspecified atom stereocenters. The highest BCUT2D eigenvalue weighted by Gasteiger charge is 2.26. The van der Waals surface area contributed by atoms with Crippen LogP contribution in [-0.2, 0) is 14.3 Å². The van der Waals surface area contributed by atoms with E-state index < -0.39 is 18.2 Å². The third kappa shape index (κ3) is 2.39. The second-order valence-electron chi connectivity index (χ2n) is 3.17. The van der Waals surface area contributed by atoms with E-state index in [2.05, 4.69) is 0 Å². The minimum atomic E-state index is -0.799. The molecule has 0 aromatic rings. The summed E-state index contributed by atoms with van der Waals surface area (Å²) in [5.41, 5.74) is 0.248. The molecule has 13 heavy (non-hydrogen) atoms. The van der Waals surface area contributed by atoms with Crippen molar-refractivity contribution in [2.45, 2.75) is 32.5 Å². The van der Waals surface area contributed by atoms with Crippen LogP contribution in [0.5, 0.6) is 0 Å². The summed E-state index contributed by atoms with van der Waals surface area (Å²) in [6.45, 7) is 2.99. The fraction of sp³-hybridized carbons (Fsp3) is 0.556. The van der Waals surface area contributed by atoms with Crippen molar-refractivity contribution < 1.29 is 19.4 Å². The van der Waals surface area contributed by atoms with Crippen LogP contribution in [0.25, 0.3) is 0 Å². The Labute approximate surface area is 76.2 Å². The van der Waals surface area contributed by atoms with E-state index in [0.29, 0.717) is 0 Å². The van der Waals surface area contributed by atoms with Crippen molar-refractivity contribution in [3.05, 3.63) is 11.6 Å². The zero-order valence-electron chi connectivity index (χ0n) is 7.61. The number of carbonyl (C=O) groups excluding carboxylic acids is 2. The number of ketones is 1. The molecule has 0 aromatic heterocycles. The molecule has 0 fully saturated rings. The molecule has 0 saturated carbocycles. The van der Waals surface area contributed by atoms with E-state index in [1.165, 1.54) is 13.0 Å². The largest absolute Gasteiger partial charge is 0.456 e. The first-order chi connectivity index (χ1) is 6.00. The van der Waals surface area contributed by atoms with Gasteiger partial charge in [0.2, 0.25) is 0 Å². The first kappa shape index (κ1) is 9.92. The summed E-state index contributed by atoms with van der Waals surface area (Å²) < 4.78 is 4.80. The van der Waals surface area contributed by atoms with Gasteiger partial charge in [0.1, 0.15) is 18.0 Å². The Hall–Kier alpha value is -1.16. The fourth-order valence-corrected chi connectivity index (χ4v) is 1.12. The predicted molar refractivity (Wildman–Crippen MR) is 44.9 cm³/mol. The molecular weight excluding hydrogens is 172 g/mol. The molecule has 0 spiro atoms. The number of Topliss-reactive ketones (excluding diaryl/α,β-unsaturated/α-hetero) is 1. The van der Waals surface area contributed by atoms with E-state index in [0.717, 1.165) is 0 Å². The number of hydrogen-bond donors (Lipinski definition) is 1. The number of rotatable bonds is 2. The van der Waals surface area contributed by atoms with Crippen LogP contribution >= 0.6 is 0 Å². The number of cyclic esters (lactones) is 1. The summed E-state index contributed by atoms with van der Waals surface area (Å²) in [5, 5.41) is 9.31. The van der Waals surface area contributed by atoms with Crippen LogP contribution in [0.2, 0.25) is 0 Å². The van der Waals surface area contributed by atoms with Crippen LogP contribution in [0.15, 0.2) is 11.6 Å². The molecule has 0 aliphatic carbocycles. The van der Waals surface area contributed by atoms with Crippen molar-refractivity contribution in [3.8, 4) is 0 Å². The maximum atomic E-state index is 11.1. The summed E-state index contributed by atoms with van der Waals surface area (Å²) in [6.07, 6.45) is 0.0933. The Morgan fingerprint density at radius 2 is 2.31 bits per heavy atom. The average Bonchev–Trinajstić information content (AvgIpc) is 1.99. The molecule has 72 valence electrons. The van der Waals surface area contributed by atoms with E-state index in [-0.39, 0.29) is 17.8 Å². The second-order valence-corrected chi connectivity index (χ2v) is 3.17. The first-order valence-corrected chi connectivity index (χ1v) is 4.10. The molecule has 1 N–H and O–H groups in total. The zero-order valence-corrected chi connectivity index (χ0v) is 7.61. The number of esters is 1. The highest BCUT2D eigenvalue weighted by atomic mass is 16.6. The second kappa shape index (κ2) is 3.70. The molecule has 1 heterocycles. The quantitative estimate of drug-likeness (QED) is 0.622. The Balaban J connectivity index is 2.77. The minimum absolute atomic E-state index is 0.0304. The number of hydrogen-bond acceptors (Lipinski definition) is 4. The van der Waals surface area contributed by atoms with Gasteiger partial charge in [-0.1, -0.05) is 0 Å². The van der Waals surface area contributed by atoms with Crippen molar-refractivity contribution in [1.82, 2.24) is 0 Å². The van der Waals surface area contributed by atoms with E-state index in [9.17, 15) is 14.7 Å². The van der Waals surface area contributed by atoms with Crippen molar-refractivity contribution >= 4 is 11.8 Å². The number of aliphatic hydroxyl groups is 1. The summed E-state index contributed by atoms with van der Waals surface area (Å²) in [5.74, 6) is -0.627. The molecule has 1 rings (SSSR count). The Bertz CT molecular complexity index is 267. The molecule has 2 atom stereocenters. The van der Waals surface area contributed by atoms with Gasteiger partial charge in [-0.2, -0.15) is 0 Å². The number of carbonyl (C=O) groups is 2. The molecule has 4 heteroatoms. The maximum absolute atomic E-state index is 11.1. The lowest BCUT2D eigenvalue weighted by Gasteiger charge is -2.23. The minimum Gasteiger partial charge on any atom is -0.456 e. The van der Waals surface area contributed by atoms with Crippen LogP contribution in [0.4, 0.5) is 0 Å². The first-order valence-electron chi connectivity index (χ1n) is 4.10. The Kier molecular flexibility index (Phi) is 2.83. The van der Waals surface area contributed by atoms with Gasteiger partial charge in [-0.15, -0.1) is 0 Å². The molecule has 0 amide bonds. The molecular formula is C9H12O4. The van der Waals surface area contributed by atoms with Gasteiger partial charge in [-0.3, -0.25) is 4.79 Å². The van der Waals surface area contributed by atoms with E-state index in [1.807, 2.05) is 0 Å². The Morgan fingerprint density at radius 3 is 2.85 bits per heavy atom. The number of aliphatic hydroxyl groups excluding tert-OH is 1. The maximum Gasteiger partial charge on any atom is 0.334 e. The Morgan fingerprint density at radius 1 is 1.69 bits per heavy atom. The number of ether oxygens (including phenoxy) is 1. The summed E-state index contributed by atoms with van der Waals surface area (Å²) in [7, 11) is 0. The van der Waals surface area contributed by atoms with E-state index in [4.69, 9.17) is 4.74 Å². The van der Waals surface area contributed by atoms with Gasteiger partial charge in [0.25, 0.3) is 0 Å². The normalized spacial score (nSPS) is 27.9. The summed E-state index contributed by atoms with van der Waals surface area (Å²) >= 11 is 0. The third-order valence-electron chi connectivity index (χ3n) is 1.85. The van der Waals surface area contributed by atoms with Gasteiger partial charge in [-0.05, 0) is 19.9 Å². The highest BCUT2D eigenvalue weighted by molar-refractivity contribution is 5.95. The lowest BCUT2D eigenvalue weighted by atomic mass is 10.0. The van der Waals surface area contributed by atoms with E-state index >= 15 is 0 Å². The molecule has 4 nitrogen and oxygen atoms in total. The third-order valence-corrected chi connectivity index (χ3v) is 1.85. The van der Waals surface area contributed by atoms with Gasteiger partial charge in [0, 0.05) is 12.0 Å². The molecule has 0 saturated heterocycles. The van der Waals surface area contributed by atoms with Gasteiger partial charge in [0.15, 0.2) is 0 Å². The van der Waals surface area contributed by atoms with Crippen molar-refractivity contribution in [1.29, 1.82) is 0 Å². The smallest absolute Gasteiger partial charge is 0.334 e.